The molecule has 2 rings (SSSR count). The molecule has 1 atom stereocenters. The van der Waals surface area contributed by atoms with E-state index in [-0.39, 0.29) is 12.5 Å². The summed E-state index contributed by atoms with van der Waals surface area (Å²) < 4.78 is 4.89. The Morgan fingerprint density at radius 1 is 1.42 bits per heavy atom. The van der Waals surface area contributed by atoms with Crippen LogP contribution in [-0.4, -0.2) is 25.0 Å². The Bertz CT molecular complexity index is 519. The normalized spacial score (nSPS) is 18.8. The lowest BCUT2D eigenvalue weighted by Gasteiger charge is -2.17. The average molecular weight is 302 g/mol. The van der Waals surface area contributed by atoms with Crippen molar-refractivity contribution in [2.24, 2.45) is 5.92 Å². The van der Waals surface area contributed by atoms with Gasteiger partial charge in [0.25, 0.3) is 0 Å². The molecular formula is C13H13Cl2NO3. The first-order chi connectivity index (χ1) is 9.04. The van der Waals surface area contributed by atoms with Crippen LogP contribution in [0.15, 0.2) is 18.2 Å². The molecule has 1 fully saturated rings. The Hall–Kier alpha value is -1.26. The number of nitrogens with zero attached hydrogens (tertiary/aromatic N) is 1. The van der Waals surface area contributed by atoms with E-state index in [9.17, 15) is 9.59 Å². The number of halogens is 2. The van der Waals surface area contributed by atoms with Crippen molar-refractivity contribution in [1.29, 1.82) is 0 Å². The third-order valence-corrected chi connectivity index (χ3v) is 3.73. The molecule has 0 N–H and O–H groups in total. The van der Waals surface area contributed by atoms with E-state index in [1.807, 2.05) is 0 Å². The Morgan fingerprint density at radius 3 is 2.79 bits per heavy atom. The van der Waals surface area contributed by atoms with Gasteiger partial charge in [-0.2, -0.15) is 0 Å². The zero-order chi connectivity index (χ0) is 14.0. The summed E-state index contributed by atoms with van der Waals surface area (Å²) in [6.07, 6.45) is 0.456. The number of amides is 1. The minimum Gasteiger partial charge on any atom is -0.465 e. The lowest BCUT2D eigenvalue weighted by molar-refractivity contribution is -0.150. The van der Waals surface area contributed by atoms with Gasteiger partial charge in [-0.3, -0.25) is 9.59 Å². The van der Waals surface area contributed by atoms with E-state index in [0.717, 1.165) is 0 Å². The van der Waals surface area contributed by atoms with Crippen molar-refractivity contribution >= 4 is 40.8 Å². The maximum Gasteiger partial charge on any atom is 0.318 e. The molecule has 6 heteroatoms. The van der Waals surface area contributed by atoms with Gasteiger partial charge in [-0.1, -0.05) is 23.2 Å². The molecule has 102 valence electrons. The first-order valence-electron chi connectivity index (χ1n) is 5.97. The number of anilines is 1. The van der Waals surface area contributed by atoms with Crippen molar-refractivity contribution in [3.8, 4) is 0 Å². The van der Waals surface area contributed by atoms with Gasteiger partial charge >= 0.3 is 5.97 Å². The smallest absolute Gasteiger partial charge is 0.318 e. The summed E-state index contributed by atoms with van der Waals surface area (Å²) in [5.74, 6) is -1.43. The standard InChI is InChI=1S/C13H13Cl2NO3/c1-2-19-13(18)9-5-6-16(12(9)17)8-3-4-10(14)11(15)7-8/h3-4,7,9H,2,5-6H2,1H3. The highest BCUT2D eigenvalue weighted by molar-refractivity contribution is 6.42. The van der Waals surface area contributed by atoms with Crippen molar-refractivity contribution in [3.05, 3.63) is 28.2 Å². The van der Waals surface area contributed by atoms with Gasteiger partial charge in [0.2, 0.25) is 5.91 Å². The molecule has 4 nitrogen and oxygen atoms in total. The molecule has 1 amide bonds. The molecule has 1 saturated heterocycles. The predicted molar refractivity (Wildman–Crippen MR) is 73.6 cm³/mol. The highest BCUT2D eigenvalue weighted by Crippen LogP contribution is 2.31. The van der Waals surface area contributed by atoms with Crippen LogP contribution in [0.5, 0.6) is 0 Å². The minimum absolute atomic E-state index is 0.253. The third-order valence-electron chi connectivity index (χ3n) is 2.99. The third kappa shape index (κ3) is 2.85. The molecule has 0 saturated carbocycles. The van der Waals surface area contributed by atoms with Gasteiger partial charge in [-0.25, -0.2) is 0 Å². The zero-order valence-electron chi connectivity index (χ0n) is 10.4. The van der Waals surface area contributed by atoms with Crippen molar-refractivity contribution in [2.45, 2.75) is 13.3 Å². The van der Waals surface area contributed by atoms with Crippen molar-refractivity contribution < 1.29 is 14.3 Å². The molecule has 0 aromatic heterocycles. The van der Waals surface area contributed by atoms with Crippen molar-refractivity contribution in [2.75, 3.05) is 18.1 Å². The van der Waals surface area contributed by atoms with Crippen LogP contribution in [0, 0.1) is 5.92 Å². The van der Waals surface area contributed by atoms with E-state index in [1.165, 1.54) is 4.90 Å². The molecule has 1 aliphatic heterocycles. The van der Waals surface area contributed by atoms with Crippen LogP contribution in [0.25, 0.3) is 0 Å². The molecular weight excluding hydrogens is 289 g/mol. The molecule has 1 aromatic carbocycles. The Morgan fingerprint density at radius 2 is 2.16 bits per heavy atom. The van der Waals surface area contributed by atoms with E-state index in [2.05, 4.69) is 0 Å². The van der Waals surface area contributed by atoms with E-state index < -0.39 is 11.9 Å². The first kappa shape index (κ1) is 14.2. The summed E-state index contributed by atoms with van der Waals surface area (Å²) in [5, 5.41) is 0.811. The van der Waals surface area contributed by atoms with Gasteiger partial charge in [0.1, 0.15) is 5.92 Å². The van der Waals surface area contributed by atoms with E-state index in [1.54, 1.807) is 25.1 Å². The Labute approximate surface area is 121 Å². The number of carbonyl (C=O) groups excluding carboxylic acids is 2. The molecule has 0 spiro atoms. The molecule has 1 aliphatic rings. The predicted octanol–water partition coefficient (Wildman–Crippen LogP) is 2.91. The lowest BCUT2D eigenvalue weighted by Crippen LogP contribution is -2.31. The SMILES string of the molecule is CCOC(=O)C1CCN(c2ccc(Cl)c(Cl)c2)C1=O. The molecule has 1 heterocycles. The fourth-order valence-electron chi connectivity index (χ4n) is 2.05. The molecule has 19 heavy (non-hydrogen) atoms. The number of hydrogen-bond donors (Lipinski definition) is 0. The summed E-state index contributed by atoms with van der Waals surface area (Å²) in [4.78, 5) is 25.3. The van der Waals surface area contributed by atoms with Crippen LogP contribution in [0.1, 0.15) is 13.3 Å². The largest absolute Gasteiger partial charge is 0.465 e. The Kier molecular flexibility index (Phi) is 4.32. The highest BCUT2D eigenvalue weighted by Gasteiger charge is 2.38. The fraction of sp³-hybridized carbons (Fsp3) is 0.385. The number of benzene rings is 1. The van der Waals surface area contributed by atoms with Crippen LogP contribution in [-0.2, 0) is 14.3 Å². The summed E-state index contributed by atoms with van der Waals surface area (Å²) in [6.45, 7) is 2.46. The summed E-state index contributed by atoms with van der Waals surface area (Å²) in [6, 6.07) is 4.96. The van der Waals surface area contributed by atoms with Crippen LogP contribution in [0.3, 0.4) is 0 Å². The fourth-order valence-corrected chi connectivity index (χ4v) is 2.34. The van der Waals surface area contributed by atoms with Gasteiger partial charge in [0, 0.05) is 12.2 Å². The molecule has 0 bridgehead atoms. The van der Waals surface area contributed by atoms with Gasteiger partial charge in [-0.05, 0) is 31.5 Å². The maximum absolute atomic E-state index is 12.2. The molecule has 0 aliphatic carbocycles. The number of ether oxygens (including phenoxy) is 1. The summed E-state index contributed by atoms with van der Waals surface area (Å²) in [5.41, 5.74) is 0.645. The van der Waals surface area contributed by atoms with E-state index in [0.29, 0.717) is 28.7 Å². The monoisotopic (exact) mass is 301 g/mol. The number of esters is 1. The second-order valence-electron chi connectivity index (χ2n) is 4.18. The second kappa shape index (κ2) is 5.80. The van der Waals surface area contributed by atoms with Crippen LogP contribution >= 0.6 is 23.2 Å². The van der Waals surface area contributed by atoms with Crippen LogP contribution in [0.2, 0.25) is 10.0 Å². The van der Waals surface area contributed by atoms with Gasteiger partial charge in [0.05, 0.1) is 16.7 Å². The first-order valence-corrected chi connectivity index (χ1v) is 6.73. The summed E-state index contributed by atoms with van der Waals surface area (Å²) >= 11 is 11.8. The lowest BCUT2D eigenvalue weighted by atomic mass is 10.1. The zero-order valence-corrected chi connectivity index (χ0v) is 11.9. The minimum atomic E-state index is -0.714. The van der Waals surface area contributed by atoms with E-state index in [4.69, 9.17) is 27.9 Å². The topological polar surface area (TPSA) is 46.6 Å². The van der Waals surface area contributed by atoms with Crippen LogP contribution in [0.4, 0.5) is 5.69 Å². The van der Waals surface area contributed by atoms with Gasteiger partial charge < -0.3 is 9.64 Å². The number of carbonyl (C=O) groups is 2. The number of hydrogen-bond acceptors (Lipinski definition) is 3. The highest BCUT2D eigenvalue weighted by atomic mass is 35.5. The molecule has 1 unspecified atom stereocenters. The van der Waals surface area contributed by atoms with E-state index >= 15 is 0 Å². The quantitative estimate of drug-likeness (QED) is 0.637. The average Bonchev–Trinajstić information content (AvgIpc) is 2.75. The second-order valence-corrected chi connectivity index (χ2v) is 5.00. The van der Waals surface area contributed by atoms with Crippen LogP contribution < -0.4 is 4.90 Å². The molecule has 0 radical (unpaired) electrons. The summed E-state index contributed by atoms with van der Waals surface area (Å²) in [7, 11) is 0. The number of rotatable bonds is 3. The van der Waals surface area contributed by atoms with Gasteiger partial charge in [0.15, 0.2) is 0 Å². The maximum atomic E-state index is 12.2. The van der Waals surface area contributed by atoms with Gasteiger partial charge in [-0.15, -0.1) is 0 Å². The Balaban J connectivity index is 2.17. The molecule has 1 aromatic rings. The van der Waals surface area contributed by atoms with Crippen molar-refractivity contribution in [3.63, 3.8) is 0 Å². The van der Waals surface area contributed by atoms with Crippen molar-refractivity contribution in [1.82, 2.24) is 0 Å².